The second kappa shape index (κ2) is 4.82. The van der Waals surface area contributed by atoms with Gasteiger partial charge in [0.1, 0.15) is 5.82 Å². The first-order chi connectivity index (χ1) is 9.19. The average molecular weight is 275 g/mol. The van der Waals surface area contributed by atoms with Gasteiger partial charge in [-0.2, -0.15) is 0 Å². The molecular weight excluding hydrogens is 260 g/mol. The zero-order chi connectivity index (χ0) is 13.4. The third kappa shape index (κ3) is 2.19. The van der Waals surface area contributed by atoms with E-state index in [0.717, 1.165) is 54.5 Å². The Kier molecular flexibility index (Phi) is 3.15. The minimum atomic E-state index is 0.649. The molecule has 2 heterocycles. The van der Waals surface area contributed by atoms with Crippen molar-refractivity contribution >= 4 is 34.6 Å². The highest BCUT2D eigenvalue weighted by atomic mass is 35.5. The Balaban J connectivity index is 2.23. The summed E-state index contributed by atoms with van der Waals surface area (Å²) in [7, 11) is 0. The minimum Gasteiger partial charge on any atom is -0.356 e. The number of fused-ring (bicyclic) bond motifs is 1. The molecule has 0 aliphatic carbocycles. The number of nitrogens with zero attached hydrogens (tertiary/aromatic N) is 2. The van der Waals surface area contributed by atoms with Crippen LogP contribution in [0.2, 0.25) is 5.02 Å². The Bertz CT molecular complexity index is 648. The van der Waals surface area contributed by atoms with Gasteiger partial charge in [-0.15, -0.1) is 0 Å². The summed E-state index contributed by atoms with van der Waals surface area (Å²) in [5, 5.41) is 1.60. The number of carbonyl (C=O) groups excluding carboxylic acids is 1. The van der Waals surface area contributed by atoms with Crippen molar-refractivity contribution in [1.82, 2.24) is 4.98 Å². The van der Waals surface area contributed by atoms with E-state index in [9.17, 15) is 4.79 Å². The van der Waals surface area contributed by atoms with Gasteiger partial charge in [-0.05, 0) is 43.5 Å². The first kappa shape index (κ1) is 12.4. The molecule has 0 radical (unpaired) electrons. The maximum Gasteiger partial charge on any atom is 0.153 e. The molecule has 98 valence electrons. The Morgan fingerprint density at radius 3 is 2.68 bits per heavy atom. The van der Waals surface area contributed by atoms with Crippen LogP contribution < -0.4 is 4.90 Å². The van der Waals surface area contributed by atoms with Crippen molar-refractivity contribution < 1.29 is 4.79 Å². The van der Waals surface area contributed by atoms with Gasteiger partial charge in [-0.3, -0.25) is 4.79 Å². The third-order valence-corrected chi connectivity index (χ3v) is 3.83. The van der Waals surface area contributed by atoms with Crippen molar-refractivity contribution in [2.24, 2.45) is 0 Å². The number of aryl methyl sites for hydroxylation is 1. The molecule has 1 fully saturated rings. The molecule has 0 unspecified atom stereocenters. The summed E-state index contributed by atoms with van der Waals surface area (Å²) in [6.45, 7) is 3.95. The highest BCUT2D eigenvalue weighted by Gasteiger charge is 2.18. The Hall–Kier alpha value is -1.61. The number of pyridine rings is 1. The molecule has 2 aromatic rings. The van der Waals surface area contributed by atoms with Crippen molar-refractivity contribution in [1.29, 1.82) is 0 Å². The molecule has 0 amide bonds. The predicted molar refractivity (Wildman–Crippen MR) is 78.3 cm³/mol. The summed E-state index contributed by atoms with van der Waals surface area (Å²) in [4.78, 5) is 18.2. The fraction of sp³-hybridized carbons (Fsp3) is 0.333. The molecule has 1 aliphatic rings. The van der Waals surface area contributed by atoms with Gasteiger partial charge in [0.15, 0.2) is 6.29 Å². The second-order valence-corrected chi connectivity index (χ2v) is 5.44. The Morgan fingerprint density at radius 2 is 2.00 bits per heavy atom. The molecule has 4 heteroatoms. The van der Waals surface area contributed by atoms with Crippen LogP contribution in [0, 0.1) is 6.92 Å². The van der Waals surface area contributed by atoms with Crippen molar-refractivity contribution in [3.05, 3.63) is 34.3 Å². The molecule has 0 bridgehead atoms. The maximum atomic E-state index is 11.3. The topological polar surface area (TPSA) is 33.2 Å². The molecule has 1 aliphatic heterocycles. The molecule has 19 heavy (non-hydrogen) atoms. The number of benzene rings is 1. The molecule has 3 nitrogen and oxygen atoms in total. The average Bonchev–Trinajstić information content (AvgIpc) is 2.91. The maximum absolute atomic E-state index is 11.3. The molecule has 0 N–H and O–H groups in total. The molecule has 0 spiro atoms. The van der Waals surface area contributed by atoms with E-state index < -0.39 is 0 Å². The molecular formula is C15H15ClN2O. The van der Waals surface area contributed by atoms with Crippen LogP contribution in [0.1, 0.15) is 28.8 Å². The highest BCUT2D eigenvalue weighted by molar-refractivity contribution is 6.31. The zero-order valence-electron chi connectivity index (χ0n) is 10.8. The van der Waals surface area contributed by atoms with Crippen LogP contribution in [0.25, 0.3) is 10.9 Å². The number of anilines is 1. The van der Waals surface area contributed by atoms with E-state index in [1.54, 1.807) is 0 Å². The summed E-state index contributed by atoms with van der Waals surface area (Å²) in [5.41, 5.74) is 2.62. The number of aldehydes is 1. The van der Waals surface area contributed by atoms with Gasteiger partial charge in [0.2, 0.25) is 0 Å². The zero-order valence-corrected chi connectivity index (χ0v) is 11.6. The minimum absolute atomic E-state index is 0.649. The first-order valence-electron chi connectivity index (χ1n) is 6.50. The predicted octanol–water partition coefficient (Wildman–Crippen LogP) is 3.61. The highest BCUT2D eigenvalue weighted by Crippen LogP contribution is 2.29. The molecule has 0 saturated carbocycles. The Morgan fingerprint density at radius 1 is 1.26 bits per heavy atom. The second-order valence-electron chi connectivity index (χ2n) is 5.01. The van der Waals surface area contributed by atoms with Crippen LogP contribution in [0.15, 0.2) is 18.2 Å². The molecule has 1 saturated heterocycles. The number of carbonyl (C=O) groups is 1. The summed E-state index contributed by atoms with van der Waals surface area (Å²) in [6.07, 6.45) is 3.21. The van der Waals surface area contributed by atoms with Gasteiger partial charge >= 0.3 is 0 Å². The van der Waals surface area contributed by atoms with Crippen LogP contribution in [0.4, 0.5) is 5.82 Å². The van der Waals surface area contributed by atoms with E-state index in [-0.39, 0.29) is 0 Å². The standard InChI is InChI=1S/C15H15ClN2O/c1-10-6-13(16)8-11-7-12(9-19)15(17-14(10)11)18-4-2-3-5-18/h6-9H,2-5H2,1H3. The van der Waals surface area contributed by atoms with Gasteiger partial charge in [-0.25, -0.2) is 4.98 Å². The lowest BCUT2D eigenvalue weighted by Gasteiger charge is -2.19. The number of halogens is 1. The lowest BCUT2D eigenvalue weighted by atomic mass is 10.1. The van der Waals surface area contributed by atoms with Gasteiger partial charge in [-0.1, -0.05) is 11.6 Å². The van der Waals surface area contributed by atoms with E-state index in [2.05, 4.69) is 4.90 Å². The van der Waals surface area contributed by atoms with Crippen LogP contribution in [-0.4, -0.2) is 24.4 Å². The normalized spacial score (nSPS) is 15.2. The summed E-state index contributed by atoms with van der Waals surface area (Å²) in [6, 6.07) is 5.66. The molecule has 3 rings (SSSR count). The van der Waals surface area contributed by atoms with E-state index in [0.29, 0.717) is 10.6 Å². The van der Waals surface area contributed by atoms with E-state index in [1.807, 2.05) is 25.1 Å². The van der Waals surface area contributed by atoms with Gasteiger partial charge < -0.3 is 4.90 Å². The summed E-state index contributed by atoms with van der Waals surface area (Å²) in [5.74, 6) is 0.811. The fourth-order valence-corrected chi connectivity index (χ4v) is 2.98. The lowest BCUT2D eigenvalue weighted by Crippen LogP contribution is -2.20. The number of aromatic nitrogens is 1. The van der Waals surface area contributed by atoms with Gasteiger partial charge in [0, 0.05) is 23.5 Å². The first-order valence-corrected chi connectivity index (χ1v) is 6.88. The van der Waals surface area contributed by atoms with Crippen LogP contribution in [-0.2, 0) is 0 Å². The molecule has 0 atom stereocenters. The van der Waals surface area contributed by atoms with Crippen molar-refractivity contribution in [2.45, 2.75) is 19.8 Å². The quantitative estimate of drug-likeness (QED) is 0.785. The van der Waals surface area contributed by atoms with Gasteiger partial charge in [0.05, 0.1) is 11.1 Å². The van der Waals surface area contributed by atoms with Crippen molar-refractivity contribution in [3.8, 4) is 0 Å². The summed E-state index contributed by atoms with van der Waals surface area (Å²) >= 11 is 6.06. The van der Waals surface area contributed by atoms with Gasteiger partial charge in [0.25, 0.3) is 0 Å². The van der Waals surface area contributed by atoms with Crippen LogP contribution >= 0.6 is 11.6 Å². The lowest BCUT2D eigenvalue weighted by molar-refractivity contribution is 0.112. The van der Waals surface area contributed by atoms with Crippen LogP contribution in [0.3, 0.4) is 0 Å². The monoisotopic (exact) mass is 274 g/mol. The molecule has 1 aromatic heterocycles. The van der Waals surface area contributed by atoms with Crippen molar-refractivity contribution in [3.63, 3.8) is 0 Å². The van der Waals surface area contributed by atoms with E-state index >= 15 is 0 Å². The number of hydrogen-bond donors (Lipinski definition) is 0. The smallest absolute Gasteiger partial charge is 0.153 e. The molecule has 1 aromatic carbocycles. The fourth-order valence-electron chi connectivity index (χ4n) is 2.70. The SMILES string of the molecule is Cc1cc(Cl)cc2cc(C=O)c(N3CCCC3)nc12. The van der Waals surface area contributed by atoms with E-state index in [1.165, 1.54) is 0 Å². The Labute approximate surface area is 117 Å². The number of hydrogen-bond acceptors (Lipinski definition) is 3. The largest absolute Gasteiger partial charge is 0.356 e. The van der Waals surface area contributed by atoms with Crippen LogP contribution in [0.5, 0.6) is 0 Å². The number of rotatable bonds is 2. The van der Waals surface area contributed by atoms with E-state index in [4.69, 9.17) is 16.6 Å². The van der Waals surface area contributed by atoms with Crippen molar-refractivity contribution in [2.75, 3.05) is 18.0 Å². The third-order valence-electron chi connectivity index (χ3n) is 3.61. The summed E-state index contributed by atoms with van der Waals surface area (Å²) < 4.78 is 0.